The quantitative estimate of drug-likeness (QED) is 0.436. The Morgan fingerprint density at radius 3 is 2.21 bits per heavy atom. The van der Waals surface area contributed by atoms with Crippen molar-refractivity contribution in [3.8, 4) is 5.75 Å². The summed E-state index contributed by atoms with van der Waals surface area (Å²) in [7, 11) is 1.63. The van der Waals surface area contributed by atoms with Gasteiger partial charge >= 0.3 is 0 Å². The number of methoxy groups -OCH3 is 1. The van der Waals surface area contributed by atoms with Crippen LogP contribution in [0.1, 0.15) is 33.2 Å². The zero-order valence-corrected chi connectivity index (χ0v) is 16.1. The van der Waals surface area contributed by atoms with Crippen molar-refractivity contribution in [2.45, 2.75) is 13.5 Å². The number of ether oxygens (including phenoxy) is 1. The number of hydrogen-bond acceptors (Lipinski definition) is 4. The molecule has 2 amide bonds. The van der Waals surface area contributed by atoms with Crippen LogP contribution in [0.15, 0.2) is 53.5 Å². The SMILES string of the molecule is CCNC(=NCc1ccc(OC)cc1)NCCN1C(=O)c2ccccc2C1=O. The fraction of sp³-hybridized carbons (Fsp3) is 0.286. The van der Waals surface area contributed by atoms with Crippen LogP contribution in [-0.4, -0.2) is 49.4 Å². The van der Waals surface area contributed by atoms with E-state index in [1.54, 1.807) is 31.4 Å². The van der Waals surface area contributed by atoms with Crippen LogP contribution in [-0.2, 0) is 6.54 Å². The number of carbonyl (C=O) groups is 2. The molecule has 0 aliphatic carbocycles. The fourth-order valence-electron chi connectivity index (χ4n) is 2.97. The molecule has 0 radical (unpaired) electrons. The zero-order chi connectivity index (χ0) is 19.9. The van der Waals surface area contributed by atoms with Gasteiger partial charge in [0.2, 0.25) is 0 Å². The molecular formula is C21H24N4O3. The number of hydrogen-bond donors (Lipinski definition) is 2. The van der Waals surface area contributed by atoms with E-state index in [2.05, 4.69) is 15.6 Å². The first-order valence-corrected chi connectivity index (χ1v) is 9.24. The monoisotopic (exact) mass is 380 g/mol. The van der Waals surface area contributed by atoms with Gasteiger partial charge in [0.1, 0.15) is 5.75 Å². The van der Waals surface area contributed by atoms with Crippen LogP contribution in [0.2, 0.25) is 0 Å². The van der Waals surface area contributed by atoms with Gasteiger partial charge in [-0.25, -0.2) is 4.99 Å². The van der Waals surface area contributed by atoms with Gasteiger partial charge in [-0.2, -0.15) is 0 Å². The summed E-state index contributed by atoms with van der Waals surface area (Å²) >= 11 is 0. The van der Waals surface area contributed by atoms with Crippen LogP contribution in [0.4, 0.5) is 0 Å². The third-order valence-electron chi connectivity index (χ3n) is 4.43. The number of aliphatic imine (C=N–C) groups is 1. The largest absolute Gasteiger partial charge is 0.497 e. The van der Waals surface area contributed by atoms with E-state index >= 15 is 0 Å². The lowest BCUT2D eigenvalue weighted by Gasteiger charge is -2.16. The van der Waals surface area contributed by atoms with E-state index in [4.69, 9.17) is 4.74 Å². The minimum atomic E-state index is -0.248. The van der Waals surface area contributed by atoms with E-state index in [1.165, 1.54) is 4.90 Å². The molecule has 28 heavy (non-hydrogen) atoms. The summed E-state index contributed by atoms with van der Waals surface area (Å²) in [4.78, 5) is 30.6. The second kappa shape index (κ2) is 9.03. The maximum absolute atomic E-state index is 12.4. The predicted molar refractivity (Wildman–Crippen MR) is 108 cm³/mol. The molecule has 0 saturated carbocycles. The Bertz CT molecular complexity index is 842. The van der Waals surface area contributed by atoms with E-state index in [0.717, 1.165) is 11.3 Å². The van der Waals surface area contributed by atoms with Crippen molar-refractivity contribution in [3.63, 3.8) is 0 Å². The van der Waals surface area contributed by atoms with Gasteiger partial charge in [0.25, 0.3) is 11.8 Å². The second-order valence-electron chi connectivity index (χ2n) is 6.28. The number of guanidine groups is 1. The summed E-state index contributed by atoms with van der Waals surface area (Å²) in [5.41, 5.74) is 1.98. The summed E-state index contributed by atoms with van der Waals surface area (Å²) < 4.78 is 5.16. The molecule has 0 spiro atoms. The smallest absolute Gasteiger partial charge is 0.261 e. The van der Waals surface area contributed by atoms with Crippen molar-refractivity contribution in [2.75, 3.05) is 26.7 Å². The first kappa shape index (κ1) is 19.4. The third kappa shape index (κ3) is 4.31. The highest BCUT2D eigenvalue weighted by molar-refractivity contribution is 6.21. The number of amides is 2. The highest BCUT2D eigenvalue weighted by atomic mass is 16.5. The molecular weight excluding hydrogens is 356 g/mol. The van der Waals surface area contributed by atoms with Crippen LogP contribution in [0, 0.1) is 0 Å². The number of nitrogens with zero attached hydrogens (tertiary/aromatic N) is 2. The first-order valence-electron chi connectivity index (χ1n) is 9.24. The zero-order valence-electron chi connectivity index (χ0n) is 16.1. The van der Waals surface area contributed by atoms with E-state index in [0.29, 0.717) is 36.7 Å². The van der Waals surface area contributed by atoms with E-state index < -0.39 is 0 Å². The molecule has 1 aliphatic heterocycles. The highest BCUT2D eigenvalue weighted by Crippen LogP contribution is 2.21. The molecule has 0 bridgehead atoms. The van der Waals surface area contributed by atoms with Gasteiger partial charge in [-0.1, -0.05) is 24.3 Å². The van der Waals surface area contributed by atoms with Gasteiger partial charge in [-0.05, 0) is 36.8 Å². The number of imide groups is 1. The summed E-state index contributed by atoms with van der Waals surface area (Å²) in [6.45, 7) is 3.89. The topological polar surface area (TPSA) is 83.0 Å². The normalized spacial score (nSPS) is 13.5. The van der Waals surface area contributed by atoms with Gasteiger partial charge < -0.3 is 15.4 Å². The molecule has 0 aromatic heterocycles. The molecule has 1 aliphatic rings. The molecule has 1 heterocycles. The van der Waals surface area contributed by atoms with Crippen molar-refractivity contribution in [1.29, 1.82) is 0 Å². The Balaban J connectivity index is 1.56. The van der Waals surface area contributed by atoms with Crippen molar-refractivity contribution >= 4 is 17.8 Å². The average molecular weight is 380 g/mol. The van der Waals surface area contributed by atoms with Gasteiger partial charge in [-0.15, -0.1) is 0 Å². The fourth-order valence-corrected chi connectivity index (χ4v) is 2.97. The maximum Gasteiger partial charge on any atom is 0.261 e. The van der Waals surface area contributed by atoms with E-state index in [-0.39, 0.29) is 18.4 Å². The number of benzene rings is 2. The molecule has 2 N–H and O–H groups in total. The van der Waals surface area contributed by atoms with Crippen LogP contribution in [0.25, 0.3) is 0 Å². The minimum absolute atomic E-state index is 0.248. The number of carbonyl (C=O) groups excluding carboxylic acids is 2. The summed E-state index contributed by atoms with van der Waals surface area (Å²) in [6.07, 6.45) is 0. The molecule has 0 atom stereocenters. The minimum Gasteiger partial charge on any atom is -0.497 e. The van der Waals surface area contributed by atoms with Crippen molar-refractivity contribution in [1.82, 2.24) is 15.5 Å². The Hall–Kier alpha value is -3.35. The van der Waals surface area contributed by atoms with E-state index in [9.17, 15) is 9.59 Å². The molecule has 0 saturated heterocycles. The second-order valence-corrected chi connectivity index (χ2v) is 6.28. The molecule has 146 valence electrons. The molecule has 2 aromatic rings. The van der Waals surface area contributed by atoms with Crippen molar-refractivity contribution < 1.29 is 14.3 Å². The third-order valence-corrected chi connectivity index (χ3v) is 4.43. The number of rotatable bonds is 7. The molecule has 0 unspecified atom stereocenters. The van der Waals surface area contributed by atoms with Crippen LogP contribution >= 0.6 is 0 Å². The van der Waals surface area contributed by atoms with Gasteiger partial charge in [0, 0.05) is 19.6 Å². The number of fused-ring (bicyclic) bond motifs is 1. The standard InChI is InChI=1S/C21H24N4O3/c1-3-22-21(24-14-15-8-10-16(28-2)11-9-15)23-12-13-25-19(26)17-6-4-5-7-18(17)20(25)27/h4-11H,3,12-14H2,1-2H3,(H2,22,23,24). The summed E-state index contributed by atoms with van der Waals surface area (Å²) in [5.74, 6) is 0.943. The van der Waals surface area contributed by atoms with Gasteiger partial charge in [-0.3, -0.25) is 14.5 Å². The molecule has 7 nitrogen and oxygen atoms in total. The average Bonchev–Trinajstić information content (AvgIpc) is 2.97. The lowest BCUT2D eigenvalue weighted by Crippen LogP contribution is -2.43. The lowest BCUT2D eigenvalue weighted by molar-refractivity contribution is 0.0657. The molecule has 0 fully saturated rings. The van der Waals surface area contributed by atoms with Gasteiger partial charge in [0.15, 0.2) is 5.96 Å². The number of nitrogens with one attached hydrogen (secondary N) is 2. The molecule has 7 heteroatoms. The van der Waals surface area contributed by atoms with Crippen LogP contribution in [0.5, 0.6) is 5.75 Å². The Kier molecular flexibility index (Phi) is 6.26. The predicted octanol–water partition coefficient (Wildman–Crippen LogP) is 2.05. The highest BCUT2D eigenvalue weighted by Gasteiger charge is 2.34. The van der Waals surface area contributed by atoms with Crippen molar-refractivity contribution in [3.05, 3.63) is 65.2 Å². The lowest BCUT2D eigenvalue weighted by atomic mass is 10.1. The first-order chi connectivity index (χ1) is 13.6. The summed E-state index contributed by atoms with van der Waals surface area (Å²) in [5, 5.41) is 6.34. The molecule has 2 aromatic carbocycles. The Morgan fingerprint density at radius 1 is 1.00 bits per heavy atom. The maximum atomic E-state index is 12.4. The van der Waals surface area contributed by atoms with Crippen LogP contribution in [0.3, 0.4) is 0 Å². The molecule has 3 rings (SSSR count). The summed E-state index contributed by atoms with van der Waals surface area (Å²) in [6, 6.07) is 14.6. The Labute approximate surface area is 164 Å². The van der Waals surface area contributed by atoms with Crippen LogP contribution < -0.4 is 15.4 Å². The van der Waals surface area contributed by atoms with Crippen molar-refractivity contribution in [2.24, 2.45) is 4.99 Å². The Morgan fingerprint density at radius 2 is 1.64 bits per heavy atom. The van der Waals surface area contributed by atoms with E-state index in [1.807, 2.05) is 31.2 Å². The van der Waals surface area contributed by atoms with Gasteiger partial charge in [0.05, 0.1) is 24.8 Å².